The zero-order chi connectivity index (χ0) is 19.1. The number of carboxylic acids is 1. The first-order valence-corrected chi connectivity index (χ1v) is 9.86. The number of rotatable bonds is 15. The van der Waals surface area contributed by atoms with Gasteiger partial charge >= 0.3 is 17.9 Å². The van der Waals surface area contributed by atoms with Gasteiger partial charge in [-0.05, 0) is 38.4 Å². The van der Waals surface area contributed by atoms with Crippen molar-refractivity contribution in [1.29, 1.82) is 0 Å². The van der Waals surface area contributed by atoms with Gasteiger partial charge < -0.3 is 19.9 Å². The van der Waals surface area contributed by atoms with Crippen molar-refractivity contribution < 1.29 is 29.0 Å². The van der Waals surface area contributed by atoms with Crippen LogP contribution in [0.1, 0.15) is 52.4 Å². The molecule has 7 nitrogen and oxygen atoms in total. The molecule has 0 amide bonds. The summed E-state index contributed by atoms with van der Waals surface area (Å²) in [5.74, 6) is 0.251. The molecule has 2 atom stereocenters. The van der Waals surface area contributed by atoms with Gasteiger partial charge in [-0.25, -0.2) is 0 Å². The van der Waals surface area contributed by atoms with Crippen LogP contribution in [0.4, 0.5) is 0 Å². The monoisotopic (exact) mass is 377 g/mol. The molecule has 8 heteroatoms. The van der Waals surface area contributed by atoms with Gasteiger partial charge in [-0.1, -0.05) is 6.92 Å². The topological polar surface area (TPSA) is 102 Å². The van der Waals surface area contributed by atoms with Gasteiger partial charge in [-0.3, -0.25) is 14.4 Å². The third-order valence-electron chi connectivity index (χ3n) is 3.59. The Hall–Kier alpha value is -1.28. The van der Waals surface area contributed by atoms with E-state index in [2.05, 4.69) is 10.1 Å². The Kier molecular flexibility index (Phi) is 14.2. The van der Waals surface area contributed by atoms with E-state index in [1.54, 1.807) is 11.8 Å². The number of carbonyl (C=O) groups excluding carboxylic acids is 2. The van der Waals surface area contributed by atoms with Gasteiger partial charge in [0.25, 0.3) is 0 Å². The molecule has 0 rings (SSSR count). The normalized spacial score (nSPS) is 13.1. The first kappa shape index (κ1) is 23.7. The summed E-state index contributed by atoms with van der Waals surface area (Å²) < 4.78 is 9.92. The molecule has 146 valence electrons. The molecule has 0 aliphatic carbocycles. The third-order valence-corrected chi connectivity index (χ3v) is 4.66. The van der Waals surface area contributed by atoms with E-state index in [0.717, 1.165) is 24.3 Å². The molecule has 0 fully saturated rings. The molecule has 2 N–H and O–H groups in total. The maximum Gasteiger partial charge on any atom is 0.323 e. The van der Waals surface area contributed by atoms with Gasteiger partial charge in [0, 0.05) is 25.1 Å². The highest BCUT2D eigenvalue weighted by Crippen LogP contribution is 2.08. The van der Waals surface area contributed by atoms with Crippen molar-refractivity contribution in [3.8, 4) is 0 Å². The molecule has 0 radical (unpaired) electrons. The quantitative estimate of drug-likeness (QED) is 0.331. The summed E-state index contributed by atoms with van der Waals surface area (Å²) in [5, 5.41) is 11.9. The zero-order valence-corrected chi connectivity index (χ0v) is 16.2. The average molecular weight is 378 g/mol. The molecule has 2 unspecified atom stereocenters. The van der Waals surface area contributed by atoms with Crippen LogP contribution in [-0.2, 0) is 23.9 Å². The molecule has 0 bridgehead atoms. The fraction of sp³-hybridized carbons (Fsp3) is 0.824. The van der Waals surface area contributed by atoms with Gasteiger partial charge in [-0.2, -0.15) is 11.8 Å². The van der Waals surface area contributed by atoms with E-state index in [0.29, 0.717) is 25.8 Å². The summed E-state index contributed by atoms with van der Waals surface area (Å²) in [7, 11) is 1.38. The third kappa shape index (κ3) is 13.7. The maximum atomic E-state index is 12.2. The van der Waals surface area contributed by atoms with Gasteiger partial charge in [-0.15, -0.1) is 0 Å². The highest BCUT2D eigenvalue weighted by atomic mass is 32.2. The standard InChI is InChI=1S/C17H31NO6S/c1-4-13(2)24-17(22)14(7-5-8-15(19)20)18-10-12-25-11-6-9-16(21)23-3/h13-14,18H,4-12H2,1-3H3,(H,19,20). The second kappa shape index (κ2) is 15.0. The maximum absolute atomic E-state index is 12.2. The van der Waals surface area contributed by atoms with E-state index >= 15 is 0 Å². The van der Waals surface area contributed by atoms with E-state index < -0.39 is 12.0 Å². The Morgan fingerprint density at radius 2 is 1.88 bits per heavy atom. The SMILES string of the molecule is CCC(C)OC(=O)C(CCCC(=O)O)NCCSCCCC(=O)OC. The number of methoxy groups -OCH3 is 1. The Morgan fingerprint density at radius 1 is 1.16 bits per heavy atom. The molecular weight excluding hydrogens is 346 g/mol. The van der Waals surface area contributed by atoms with Crippen LogP contribution in [0.25, 0.3) is 0 Å². The van der Waals surface area contributed by atoms with Crippen LogP contribution in [0.3, 0.4) is 0 Å². The minimum absolute atomic E-state index is 0.0388. The Morgan fingerprint density at radius 3 is 2.48 bits per heavy atom. The second-order valence-electron chi connectivity index (χ2n) is 5.74. The predicted octanol–water partition coefficient (Wildman–Crippen LogP) is 2.23. The van der Waals surface area contributed by atoms with Crippen LogP contribution in [0.5, 0.6) is 0 Å². The molecule has 0 aliphatic rings. The zero-order valence-electron chi connectivity index (χ0n) is 15.4. The lowest BCUT2D eigenvalue weighted by molar-refractivity contribution is -0.151. The lowest BCUT2D eigenvalue weighted by Gasteiger charge is -2.20. The molecule has 0 aliphatic heterocycles. The van der Waals surface area contributed by atoms with E-state index in [4.69, 9.17) is 9.84 Å². The number of carbonyl (C=O) groups is 3. The largest absolute Gasteiger partial charge is 0.481 e. The van der Waals surface area contributed by atoms with Crippen LogP contribution >= 0.6 is 11.8 Å². The van der Waals surface area contributed by atoms with Crippen molar-refractivity contribution in [3.63, 3.8) is 0 Å². The van der Waals surface area contributed by atoms with Crippen molar-refractivity contribution in [2.75, 3.05) is 25.2 Å². The van der Waals surface area contributed by atoms with Crippen molar-refractivity contribution in [3.05, 3.63) is 0 Å². The number of nitrogens with one attached hydrogen (secondary N) is 1. The molecule has 0 heterocycles. The minimum Gasteiger partial charge on any atom is -0.481 e. The average Bonchev–Trinajstić information content (AvgIpc) is 2.58. The minimum atomic E-state index is -0.866. The second-order valence-corrected chi connectivity index (χ2v) is 6.97. The molecule has 25 heavy (non-hydrogen) atoms. The fourth-order valence-corrected chi connectivity index (χ4v) is 2.77. The summed E-state index contributed by atoms with van der Waals surface area (Å²) in [5.41, 5.74) is 0. The van der Waals surface area contributed by atoms with Gasteiger partial charge in [0.05, 0.1) is 13.2 Å². The van der Waals surface area contributed by atoms with Gasteiger partial charge in [0.2, 0.25) is 0 Å². The Labute approximate surface area is 154 Å². The van der Waals surface area contributed by atoms with Crippen molar-refractivity contribution >= 4 is 29.7 Å². The number of thioether (sulfide) groups is 1. The summed E-state index contributed by atoms with van der Waals surface area (Å²) >= 11 is 1.69. The van der Waals surface area contributed by atoms with Crippen molar-refractivity contribution in [2.45, 2.75) is 64.5 Å². The van der Waals surface area contributed by atoms with E-state index in [-0.39, 0.29) is 24.5 Å². The lowest BCUT2D eigenvalue weighted by atomic mass is 10.1. The number of aliphatic carboxylic acids is 1. The van der Waals surface area contributed by atoms with Gasteiger partial charge in [0.1, 0.15) is 6.04 Å². The molecule has 0 aromatic heterocycles. The first-order chi connectivity index (χ1) is 11.9. The molecule has 0 saturated heterocycles. The lowest BCUT2D eigenvalue weighted by Crippen LogP contribution is -2.40. The van der Waals surface area contributed by atoms with Crippen molar-refractivity contribution in [2.24, 2.45) is 0 Å². The van der Waals surface area contributed by atoms with Crippen LogP contribution in [-0.4, -0.2) is 60.3 Å². The number of hydrogen-bond donors (Lipinski definition) is 2. The van der Waals surface area contributed by atoms with Crippen LogP contribution in [0.15, 0.2) is 0 Å². The fourth-order valence-electron chi connectivity index (χ4n) is 1.95. The highest BCUT2D eigenvalue weighted by molar-refractivity contribution is 7.99. The molecule has 0 aromatic carbocycles. The van der Waals surface area contributed by atoms with E-state index in [1.165, 1.54) is 7.11 Å². The molecule has 0 aromatic rings. The Bertz CT molecular complexity index is 405. The van der Waals surface area contributed by atoms with E-state index in [9.17, 15) is 14.4 Å². The van der Waals surface area contributed by atoms with Crippen molar-refractivity contribution in [1.82, 2.24) is 5.32 Å². The summed E-state index contributed by atoms with van der Waals surface area (Å²) in [4.78, 5) is 33.8. The molecule has 0 saturated carbocycles. The summed E-state index contributed by atoms with van der Waals surface area (Å²) in [6.45, 7) is 4.40. The van der Waals surface area contributed by atoms with E-state index in [1.807, 2.05) is 13.8 Å². The number of esters is 2. The smallest absolute Gasteiger partial charge is 0.323 e. The summed E-state index contributed by atoms with van der Waals surface area (Å²) in [6, 6.07) is -0.482. The van der Waals surface area contributed by atoms with Crippen LogP contribution < -0.4 is 5.32 Å². The highest BCUT2D eigenvalue weighted by Gasteiger charge is 2.21. The summed E-state index contributed by atoms with van der Waals surface area (Å²) in [6.07, 6.45) is 2.67. The number of hydrogen-bond acceptors (Lipinski definition) is 7. The van der Waals surface area contributed by atoms with Crippen LogP contribution in [0, 0.1) is 0 Å². The molecular formula is C17H31NO6S. The predicted molar refractivity (Wildman–Crippen MR) is 97.7 cm³/mol. The first-order valence-electron chi connectivity index (χ1n) is 8.70. The van der Waals surface area contributed by atoms with Crippen LogP contribution in [0.2, 0.25) is 0 Å². The number of ether oxygens (including phenoxy) is 2. The Balaban J connectivity index is 4.09. The molecule has 0 spiro atoms. The number of carboxylic acid groups (broad SMARTS) is 1. The van der Waals surface area contributed by atoms with Gasteiger partial charge in [0.15, 0.2) is 0 Å².